The van der Waals surface area contributed by atoms with Gasteiger partial charge < -0.3 is 10.2 Å². The third kappa shape index (κ3) is 5.88. The number of aryl methyl sites for hydroxylation is 1. The number of hydrogen-bond donors (Lipinski definition) is 1. The monoisotopic (exact) mass is 397 g/mol. The average Bonchev–Trinajstić information content (AvgIpc) is 2.68. The van der Waals surface area contributed by atoms with E-state index in [2.05, 4.69) is 5.32 Å². The second kappa shape index (κ2) is 10.4. The van der Waals surface area contributed by atoms with Crippen LogP contribution in [-0.2, 0) is 22.6 Å². The van der Waals surface area contributed by atoms with Gasteiger partial charge in [-0.1, -0.05) is 55.0 Å². The van der Waals surface area contributed by atoms with Crippen molar-refractivity contribution in [3.8, 4) is 0 Å². The minimum absolute atomic E-state index is 0.0950. The summed E-state index contributed by atoms with van der Waals surface area (Å²) in [7, 11) is 0. The highest BCUT2D eigenvalue weighted by Crippen LogP contribution is 2.21. The number of amides is 2. The molecule has 2 rings (SSSR count). The summed E-state index contributed by atoms with van der Waals surface area (Å²) in [6, 6.07) is 13.3. The number of likely N-dealkylation sites (N-methyl/N-ethyl adjacent to an activating group) is 1. The molecule has 0 aliphatic heterocycles. The number of carbonyl (C=O) groups excluding carboxylic acids is 2. The number of nitro groups is 1. The molecule has 7 heteroatoms. The first-order valence-electron chi connectivity index (χ1n) is 9.72. The number of nitro benzene ring substituents is 1. The van der Waals surface area contributed by atoms with Crippen molar-refractivity contribution in [2.75, 3.05) is 6.54 Å². The number of nitrogens with one attached hydrogen (secondary N) is 1. The van der Waals surface area contributed by atoms with Crippen molar-refractivity contribution in [2.24, 2.45) is 0 Å². The van der Waals surface area contributed by atoms with Crippen molar-refractivity contribution < 1.29 is 14.5 Å². The van der Waals surface area contributed by atoms with Crippen LogP contribution in [0.2, 0.25) is 0 Å². The average molecular weight is 397 g/mol. The normalized spacial score (nSPS) is 11.6. The number of nitrogens with zero attached hydrogens (tertiary/aromatic N) is 2. The molecule has 0 bridgehead atoms. The molecular weight excluding hydrogens is 370 g/mol. The van der Waals surface area contributed by atoms with Crippen molar-refractivity contribution in [1.29, 1.82) is 0 Å². The molecule has 0 aromatic heterocycles. The predicted octanol–water partition coefficient (Wildman–Crippen LogP) is 3.39. The molecule has 1 atom stereocenters. The van der Waals surface area contributed by atoms with Gasteiger partial charge in [0.25, 0.3) is 5.69 Å². The van der Waals surface area contributed by atoms with Crippen molar-refractivity contribution in [3.63, 3.8) is 0 Å². The van der Waals surface area contributed by atoms with Crippen LogP contribution >= 0.6 is 0 Å². The van der Waals surface area contributed by atoms with E-state index in [0.29, 0.717) is 18.5 Å². The van der Waals surface area contributed by atoms with Crippen LogP contribution in [0.1, 0.15) is 37.0 Å². The molecule has 0 saturated heterocycles. The fourth-order valence-electron chi connectivity index (χ4n) is 3.32. The molecule has 0 heterocycles. The fraction of sp³-hybridized carbons (Fsp3) is 0.364. The lowest BCUT2D eigenvalue weighted by Crippen LogP contribution is -2.49. The van der Waals surface area contributed by atoms with Gasteiger partial charge in [0.05, 0.1) is 11.3 Å². The van der Waals surface area contributed by atoms with E-state index in [1.54, 1.807) is 18.2 Å². The highest BCUT2D eigenvalue weighted by atomic mass is 16.6. The molecule has 29 heavy (non-hydrogen) atoms. The van der Waals surface area contributed by atoms with Gasteiger partial charge in [0, 0.05) is 24.7 Å². The highest BCUT2D eigenvalue weighted by molar-refractivity contribution is 5.88. The maximum Gasteiger partial charge on any atom is 0.273 e. The van der Waals surface area contributed by atoms with Crippen LogP contribution in [0.3, 0.4) is 0 Å². The molecular formula is C22H27N3O4. The van der Waals surface area contributed by atoms with E-state index >= 15 is 0 Å². The number of rotatable bonds is 9. The molecule has 7 nitrogen and oxygen atoms in total. The van der Waals surface area contributed by atoms with Gasteiger partial charge >= 0.3 is 0 Å². The van der Waals surface area contributed by atoms with Gasteiger partial charge in [-0.3, -0.25) is 19.7 Å². The first-order valence-corrected chi connectivity index (χ1v) is 9.72. The van der Waals surface area contributed by atoms with Gasteiger partial charge in [-0.2, -0.15) is 0 Å². The van der Waals surface area contributed by atoms with E-state index in [9.17, 15) is 19.7 Å². The highest BCUT2D eigenvalue weighted by Gasteiger charge is 2.29. The molecule has 2 amide bonds. The van der Waals surface area contributed by atoms with E-state index < -0.39 is 11.0 Å². The van der Waals surface area contributed by atoms with E-state index in [1.807, 2.05) is 45.0 Å². The van der Waals surface area contributed by atoms with Gasteiger partial charge in [-0.05, 0) is 25.8 Å². The van der Waals surface area contributed by atoms with E-state index in [1.165, 1.54) is 11.0 Å². The second-order valence-electron chi connectivity index (χ2n) is 6.89. The number of hydrogen-bond acceptors (Lipinski definition) is 4. The van der Waals surface area contributed by atoms with Crippen LogP contribution in [0.25, 0.3) is 0 Å². The minimum Gasteiger partial charge on any atom is -0.355 e. The maximum absolute atomic E-state index is 13.2. The summed E-state index contributed by atoms with van der Waals surface area (Å²) in [6.45, 7) is 6.36. The smallest absolute Gasteiger partial charge is 0.273 e. The third-order valence-corrected chi connectivity index (χ3v) is 4.70. The van der Waals surface area contributed by atoms with Gasteiger partial charge in [0.15, 0.2) is 0 Å². The van der Waals surface area contributed by atoms with E-state index in [0.717, 1.165) is 11.1 Å². The second-order valence-corrected chi connectivity index (χ2v) is 6.89. The summed E-state index contributed by atoms with van der Waals surface area (Å²) in [5.74, 6) is -0.544. The van der Waals surface area contributed by atoms with Gasteiger partial charge in [0.1, 0.15) is 6.04 Å². The number of para-hydroxylation sites is 1. The molecule has 0 spiro atoms. The molecule has 2 aromatic carbocycles. The summed E-state index contributed by atoms with van der Waals surface area (Å²) < 4.78 is 0. The van der Waals surface area contributed by atoms with Crippen molar-refractivity contribution in [3.05, 3.63) is 75.3 Å². The standard InChI is InChI=1S/C22H27N3O4/c1-4-19(22(27)23-5-2)24(15-17-10-8-9-16(3)13-17)21(26)14-18-11-6-7-12-20(18)25(28)29/h6-13,19H,4-5,14-15H2,1-3H3,(H,23,27)/t19-/m1/s1. The zero-order chi connectivity index (χ0) is 21.4. The Morgan fingerprint density at radius 3 is 2.48 bits per heavy atom. The Labute approximate surface area is 170 Å². The van der Waals surface area contributed by atoms with Gasteiger partial charge in [-0.25, -0.2) is 0 Å². The summed E-state index contributed by atoms with van der Waals surface area (Å²) in [6.07, 6.45) is 0.305. The molecule has 0 aliphatic rings. The Morgan fingerprint density at radius 2 is 1.86 bits per heavy atom. The lowest BCUT2D eigenvalue weighted by atomic mass is 10.0. The first kappa shape index (κ1) is 22.1. The molecule has 0 radical (unpaired) electrons. The van der Waals surface area contributed by atoms with Crippen molar-refractivity contribution in [1.82, 2.24) is 10.2 Å². The Balaban J connectivity index is 2.36. The number of carbonyl (C=O) groups is 2. The Bertz CT molecular complexity index is 882. The SMILES string of the molecule is CCNC(=O)[C@@H](CC)N(Cc1cccc(C)c1)C(=O)Cc1ccccc1[N+](=O)[O-]. The van der Waals surface area contributed by atoms with E-state index in [-0.39, 0.29) is 30.5 Å². The predicted molar refractivity (Wildman–Crippen MR) is 111 cm³/mol. The Morgan fingerprint density at radius 1 is 1.14 bits per heavy atom. The molecule has 154 valence electrons. The lowest BCUT2D eigenvalue weighted by Gasteiger charge is -2.30. The lowest BCUT2D eigenvalue weighted by molar-refractivity contribution is -0.385. The van der Waals surface area contributed by atoms with Gasteiger partial charge in [-0.15, -0.1) is 0 Å². The molecule has 2 aromatic rings. The van der Waals surface area contributed by atoms with E-state index in [4.69, 9.17) is 0 Å². The Hall–Kier alpha value is -3.22. The quantitative estimate of drug-likeness (QED) is 0.518. The van der Waals surface area contributed by atoms with Crippen molar-refractivity contribution >= 4 is 17.5 Å². The largest absolute Gasteiger partial charge is 0.355 e. The zero-order valence-corrected chi connectivity index (χ0v) is 17.1. The number of benzene rings is 2. The summed E-state index contributed by atoms with van der Waals surface area (Å²) in [5, 5.41) is 14.1. The zero-order valence-electron chi connectivity index (χ0n) is 17.1. The Kier molecular flexibility index (Phi) is 7.88. The molecule has 0 unspecified atom stereocenters. The fourth-order valence-corrected chi connectivity index (χ4v) is 3.32. The van der Waals surface area contributed by atoms with Crippen LogP contribution < -0.4 is 5.32 Å². The van der Waals surface area contributed by atoms with Crippen LogP contribution in [0.15, 0.2) is 48.5 Å². The van der Waals surface area contributed by atoms with Crippen LogP contribution in [0, 0.1) is 17.0 Å². The summed E-state index contributed by atoms with van der Waals surface area (Å²) >= 11 is 0. The van der Waals surface area contributed by atoms with Crippen LogP contribution in [0.5, 0.6) is 0 Å². The minimum atomic E-state index is -0.647. The van der Waals surface area contributed by atoms with Crippen molar-refractivity contribution in [2.45, 2.75) is 46.2 Å². The third-order valence-electron chi connectivity index (χ3n) is 4.70. The molecule has 1 N–H and O–H groups in total. The van der Waals surface area contributed by atoms with Crippen LogP contribution in [0.4, 0.5) is 5.69 Å². The topological polar surface area (TPSA) is 92.6 Å². The summed E-state index contributed by atoms with van der Waals surface area (Å²) in [5.41, 5.74) is 2.20. The molecule has 0 fully saturated rings. The summed E-state index contributed by atoms with van der Waals surface area (Å²) in [4.78, 5) is 38.1. The van der Waals surface area contributed by atoms with Gasteiger partial charge in [0.2, 0.25) is 11.8 Å². The maximum atomic E-state index is 13.2. The first-order chi connectivity index (χ1) is 13.9. The molecule has 0 aliphatic carbocycles. The molecule has 0 saturated carbocycles. The van der Waals surface area contributed by atoms with Crippen LogP contribution in [-0.4, -0.2) is 34.2 Å².